The number of carbonyl (C=O) groups is 1. The third-order valence-corrected chi connectivity index (χ3v) is 5.64. The lowest BCUT2D eigenvalue weighted by Gasteiger charge is -2.37. The van der Waals surface area contributed by atoms with Crippen LogP contribution in [0.4, 0.5) is 11.4 Å². The van der Waals surface area contributed by atoms with E-state index in [2.05, 4.69) is 41.8 Å². The molecule has 29 heavy (non-hydrogen) atoms. The summed E-state index contributed by atoms with van der Waals surface area (Å²) < 4.78 is 5.65. The molecule has 0 radical (unpaired) electrons. The number of hydrogen-bond donors (Lipinski definition) is 1. The molecule has 0 aliphatic carbocycles. The molecule has 0 amide bonds. The number of ketones is 1. The van der Waals surface area contributed by atoms with Crippen LogP contribution in [0.1, 0.15) is 41.8 Å². The minimum Gasteiger partial charge on any atom is -0.489 e. The molecule has 156 valence electrons. The zero-order valence-corrected chi connectivity index (χ0v) is 18.1. The number of ether oxygens (including phenoxy) is 1. The van der Waals surface area contributed by atoms with Crippen LogP contribution in [0.3, 0.4) is 0 Å². The van der Waals surface area contributed by atoms with Gasteiger partial charge in [0.25, 0.3) is 0 Å². The molecule has 1 aliphatic rings. The summed E-state index contributed by atoms with van der Waals surface area (Å²) in [5.41, 5.74) is 11.3. The fourth-order valence-corrected chi connectivity index (χ4v) is 3.78. The van der Waals surface area contributed by atoms with Crippen LogP contribution >= 0.6 is 0 Å². The number of anilines is 2. The quantitative estimate of drug-likeness (QED) is 0.566. The van der Waals surface area contributed by atoms with Gasteiger partial charge < -0.3 is 15.4 Å². The Bertz CT molecular complexity index is 855. The van der Waals surface area contributed by atoms with E-state index in [1.165, 1.54) is 16.8 Å². The second kappa shape index (κ2) is 9.31. The summed E-state index contributed by atoms with van der Waals surface area (Å²) in [5.74, 6) is 0.767. The molecular weight excluding hydrogens is 362 g/mol. The summed E-state index contributed by atoms with van der Waals surface area (Å²) in [5, 5.41) is 0. The number of piperazine rings is 1. The van der Waals surface area contributed by atoms with Crippen molar-refractivity contribution in [2.24, 2.45) is 0 Å². The van der Waals surface area contributed by atoms with Crippen molar-refractivity contribution in [2.75, 3.05) is 43.4 Å². The Morgan fingerprint density at radius 3 is 2.48 bits per heavy atom. The van der Waals surface area contributed by atoms with Gasteiger partial charge in [-0.15, -0.1) is 0 Å². The first-order chi connectivity index (χ1) is 13.8. The topological polar surface area (TPSA) is 58.8 Å². The van der Waals surface area contributed by atoms with E-state index in [9.17, 15) is 4.79 Å². The second-order valence-corrected chi connectivity index (χ2v) is 8.14. The second-order valence-electron chi connectivity index (χ2n) is 8.14. The molecule has 2 aromatic rings. The lowest BCUT2D eigenvalue weighted by atomic mass is 10.1. The van der Waals surface area contributed by atoms with Gasteiger partial charge in [-0.25, -0.2) is 0 Å². The van der Waals surface area contributed by atoms with Crippen molar-refractivity contribution in [3.05, 3.63) is 53.1 Å². The largest absolute Gasteiger partial charge is 0.489 e. The van der Waals surface area contributed by atoms with E-state index in [1.807, 2.05) is 19.9 Å². The summed E-state index contributed by atoms with van der Waals surface area (Å²) in [6, 6.07) is 11.8. The Kier molecular flexibility index (Phi) is 6.80. The predicted molar refractivity (Wildman–Crippen MR) is 120 cm³/mol. The lowest BCUT2D eigenvalue weighted by molar-refractivity contribution is 0.0962. The zero-order chi connectivity index (χ0) is 21.0. The number of carbonyl (C=O) groups excluding carboxylic acids is 1. The summed E-state index contributed by atoms with van der Waals surface area (Å²) >= 11 is 0. The van der Waals surface area contributed by atoms with Gasteiger partial charge in [-0.3, -0.25) is 9.69 Å². The number of rotatable bonds is 7. The lowest BCUT2D eigenvalue weighted by Crippen LogP contribution is -2.47. The van der Waals surface area contributed by atoms with Gasteiger partial charge in [0.05, 0.1) is 11.8 Å². The maximum absolute atomic E-state index is 12.6. The van der Waals surface area contributed by atoms with Gasteiger partial charge in [0.15, 0.2) is 5.78 Å². The van der Waals surface area contributed by atoms with Crippen LogP contribution in [0, 0.1) is 13.8 Å². The maximum atomic E-state index is 12.6. The van der Waals surface area contributed by atoms with Gasteiger partial charge in [-0.2, -0.15) is 0 Å². The van der Waals surface area contributed by atoms with Crippen molar-refractivity contribution < 1.29 is 9.53 Å². The molecule has 1 aliphatic heterocycles. The highest BCUT2D eigenvalue weighted by Crippen LogP contribution is 2.25. The van der Waals surface area contributed by atoms with Crippen LogP contribution in [0.5, 0.6) is 5.75 Å². The standard InChI is InChI=1S/C24H33N3O2/c1-17(2)29-24-9-8-20(16-21(24)25)23(28)10-11-26-12-14-27(15-13-26)22-7-5-6-18(3)19(22)4/h5-9,16-17H,10-15,25H2,1-4H3. The number of nitrogens with two attached hydrogens (primary N) is 1. The molecule has 2 N–H and O–H groups in total. The molecule has 2 aromatic carbocycles. The van der Waals surface area contributed by atoms with Crippen LogP contribution in [0.2, 0.25) is 0 Å². The van der Waals surface area contributed by atoms with E-state index in [0.717, 1.165) is 32.7 Å². The van der Waals surface area contributed by atoms with Gasteiger partial charge >= 0.3 is 0 Å². The monoisotopic (exact) mass is 395 g/mol. The molecule has 0 spiro atoms. The third kappa shape index (κ3) is 5.30. The van der Waals surface area contributed by atoms with E-state index in [-0.39, 0.29) is 11.9 Å². The first kappa shape index (κ1) is 21.2. The van der Waals surface area contributed by atoms with Crippen LogP contribution < -0.4 is 15.4 Å². The molecule has 1 saturated heterocycles. The summed E-state index contributed by atoms with van der Waals surface area (Å²) in [6.45, 7) is 13.0. The zero-order valence-electron chi connectivity index (χ0n) is 18.1. The van der Waals surface area contributed by atoms with Gasteiger partial charge in [-0.05, 0) is 63.1 Å². The number of aryl methyl sites for hydroxylation is 1. The average molecular weight is 396 g/mol. The molecule has 1 heterocycles. The molecular formula is C24H33N3O2. The summed E-state index contributed by atoms with van der Waals surface area (Å²) in [7, 11) is 0. The molecule has 0 aromatic heterocycles. The molecule has 0 saturated carbocycles. The molecule has 0 bridgehead atoms. The van der Waals surface area contributed by atoms with Crippen molar-refractivity contribution in [3.8, 4) is 5.75 Å². The van der Waals surface area contributed by atoms with Crippen LogP contribution in [-0.4, -0.2) is 49.5 Å². The maximum Gasteiger partial charge on any atom is 0.164 e. The van der Waals surface area contributed by atoms with Gasteiger partial charge in [0, 0.05) is 50.4 Å². The molecule has 5 heteroatoms. The Morgan fingerprint density at radius 2 is 1.83 bits per heavy atom. The molecule has 3 rings (SSSR count). The molecule has 1 fully saturated rings. The van der Waals surface area contributed by atoms with Crippen LogP contribution in [0.25, 0.3) is 0 Å². The highest BCUT2D eigenvalue weighted by molar-refractivity contribution is 5.97. The van der Waals surface area contributed by atoms with Crippen LogP contribution in [-0.2, 0) is 0 Å². The Morgan fingerprint density at radius 1 is 1.10 bits per heavy atom. The number of Topliss-reactive ketones (excluding diaryl/α,β-unsaturated/α-hetero) is 1. The van der Waals surface area contributed by atoms with Crippen molar-refractivity contribution in [1.29, 1.82) is 0 Å². The number of benzene rings is 2. The minimum absolute atomic E-state index is 0.0566. The number of hydrogen-bond acceptors (Lipinski definition) is 5. The van der Waals surface area contributed by atoms with Crippen molar-refractivity contribution in [3.63, 3.8) is 0 Å². The van der Waals surface area contributed by atoms with E-state index < -0.39 is 0 Å². The number of nitrogen functional groups attached to an aromatic ring is 1. The van der Waals surface area contributed by atoms with E-state index in [0.29, 0.717) is 23.4 Å². The van der Waals surface area contributed by atoms with Gasteiger partial charge in [-0.1, -0.05) is 12.1 Å². The minimum atomic E-state index is 0.0566. The highest BCUT2D eigenvalue weighted by atomic mass is 16.5. The van der Waals surface area contributed by atoms with Gasteiger partial charge in [0.1, 0.15) is 5.75 Å². The predicted octanol–water partition coefficient (Wildman–Crippen LogP) is 4.07. The van der Waals surface area contributed by atoms with E-state index in [4.69, 9.17) is 10.5 Å². The van der Waals surface area contributed by atoms with Crippen molar-refractivity contribution in [2.45, 2.75) is 40.2 Å². The summed E-state index contributed by atoms with van der Waals surface area (Å²) in [6.07, 6.45) is 0.564. The van der Waals surface area contributed by atoms with E-state index in [1.54, 1.807) is 12.1 Å². The highest BCUT2D eigenvalue weighted by Gasteiger charge is 2.20. The van der Waals surface area contributed by atoms with Gasteiger partial charge in [0.2, 0.25) is 0 Å². The Hall–Kier alpha value is -2.53. The Balaban J connectivity index is 1.51. The SMILES string of the molecule is Cc1cccc(N2CCN(CCC(=O)c3ccc(OC(C)C)c(N)c3)CC2)c1C. The Labute approximate surface area is 174 Å². The average Bonchev–Trinajstić information content (AvgIpc) is 2.70. The fourth-order valence-electron chi connectivity index (χ4n) is 3.78. The molecule has 5 nitrogen and oxygen atoms in total. The first-order valence-electron chi connectivity index (χ1n) is 10.5. The van der Waals surface area contributed by atoms with Crippen LogP contribution in [0.15, 0.2) is 36.4 Å². The molecule has 0 unspecified atom stereocenters. The first-order valence-corrected chi connectivity index (χ1v) is 10.5. The summed E-state index contributed by atoms with van der Waals surface area (Å²) in [4.78, 5) is 17.4. The smallest absolute Gasteiger partial charge is 0.164 e. The van der Waals surface area contributed by atoms with Crippen molar-refractivity contribution >= 4 is 17.2 Å². The third-order valence-electron chi connectivity index (χ3n) is 5.64. The normalized spacial score (nSPS) is 15.0. The fraction of sp³-hybridized carbons (Fsp3) is 0.458. The van der Waals surface area contributed by atoms with E-state index >= 15 is 0 Å². The van der Waals surface area contributed by atoms with Crippen molar-refractivity contribution in [1.82, 2.24) is 4.90 Å². The molecule has 0 atom stereocenters. The number of nitrogens with zero attached hydrogens (tertiary/aromatic N) is 2.